The molecule has 0 aliphatic carbocycles. The van der Waals surface area contributed by atoms with Crippen LogP contribution in [0.25, 0.3) is 32.9 Å². The van der Waals surface area contributed by atoms with E-state index < -0.39 is 13.3 Å². The van der Waals surface area contributed by atoms with Crippen LogP contribution in [0.15, 0.2) is 72.5 Å². The number of aromatic nitrogens is 1. The summed E-state index contributed by atoms with van der Waals surface area (Å²) in [5, 5.41) is 13.5. The minimum atomic E-state index is -2.07. The number of aliphatic hydroxyl groups is 1. The van der Waals surface area contributed by atoms with Crippen molar-refractivity contribution in [2.75, 3.05) is 0 Å². The number of nitrogens with zero attached hydrogens (tertiary/aromatic N) is 1. The van der Waals surface area contributed by atoms with Crippen LogP contribution in [0.3, 0.4) is 0 Å². The third-order valence-corrected chi connectivity index (χ3v) is 12.7. The summed E-state index contributed by atoms with van der Waals surface area (Å²) < 4.78 is 1.51. The van der Waals surface area contributed by atoms with Crippen molar-refractivity contribution in [1.29, 1.82) is 0 Å². The average molecular weight is 832 g/mol. The average Bonchev–Trinajstić information content (AvgIpc) is 2.96. The summed E-state index contributed by atoms with van der Waals surface area (Å²) in [6.45, 7) is 14.9. The molecule has 4 aromatic rings. The number of hydrogen-bond donors (Lipinski definition) is 1. The number of pyridine rings is 1. The van der Waals surface area contributed by atoms with E-state index in [9.17, 15) is 9.90 Å². The standard InChI is InChI=1S/C26H28GeN.C13H24O2.Ir/c1-26(2,3)22-16-19(15-18-11-7-8-12-20(18)22)25-17-23(27(4,5)6)21-13-9-10-14-24(21)28-25;1-5-10(6-2)12(14)9-13(15)11(7-3)8-4;/h7-14,16-17H,1-6H3;9-11,14H,5-8H2,1-4H3;/q-1;;/b;12-9-;. The third-order valence-electron chi connectivity index (χ3n) is 8.47. The molecule has 3 nitrogen and oxygen atoms in total. The van der Waals surface area contributed by atoms with Gasteiger partial charge in [-0.25, -0.2) is 0 Å². The van der Waals surface area contributed by atoms with Gasteiger partial charge in [-0.1, -0.05) is 27.7 Å². The van der Waals surface area contributed by atoms with E-state index in [2.05, 4.69) is 105 Å². The first kappa shape index (κ1) is 37.9. The number of rotatable bonds is 9. The fourth-order valence-electron chi connectivity index (χ4n) is 5.70. The molecule has 0 aliphatic heterocycles. The quantitative estimate of drug-likeness (QED) is 0.0791. The van der Waals surface area contributed by atoms with Gasteiger partial charge >= 0.3 is 171 Å². The first-order chi connectivity index (χ1) is 20.2. The predicted molar refractivity (Wildman–Crippen MR) is 189 cm³/mol. The van der Waals surface area contributed by atoms with Gasteiger partial charge in [0.1, 0.15) is 0 Å². The van der Waals surface area contributed by atoms with Crippen LogP contribution >= 0.6 is 0 Å². The molecule has 239 valence electrons. The number of ketones is 1. The molecule has 44 heavy (non-hydrogen) atoms. The number of carbonyl (C=O) groups is 1. The number of carbonyl (C=O) groups excluding carboxylic acids is 1. The maximum absolute atomic E-state index is 11.7. The SMILES string of the molecule is CC(C)(C)c1cc(-c2c[c]([Ge]([CH3])([CH3])[CH3])c3ccccc3n2)[c-]c2ccccc12.CCC(CC)C(=O)/C=C(\O)C(CC)CC.[Ir]. The first-order valence-electron chi connectivity index (χ1n) is 16.1. The topological polar surface area (TPSA) is 50.2 Å². The maximum atomic E-state index is 11.7. The molecule has 1 aromatic heterocycles. The Kier molecular flexibility index (Phi) is 14.1. The zero-order valence-corrected chi connectivity index (χ0v) is 33.0. The molecule has 5 heteroatoms. The van der Waals surface area contributed by atoms with Crippen LogP contribution < -0.4 is 4.40 Å². The minimum absolute atomic E-state index is 0. The number of hydrogen-bond acceptors (Lipinski definition) is 3. The molecular weight excluding hydrogens is 779 g/mol. The zero-order chi connectivity index (χ0) is 31.9. The molecule has 0 fully saturated rings. The summed E-state index contributed by atoms with van der Waals surface area (Å²) in [6, 6.07) is 25.5. The molecule has 1 heterocycles. The third kappa shape index (κ3) is 9.38. The summed E-state index contributed by atoms with van der Waals surface area (Å²) in [7, 11) is 0. The van der Waals surface area contributed by atoms with Gasteiger partial charge in [0.2, 0.25) is 0 Å². The fraction of sp³-hybridized carbons (Fsp3) is 0.436. The largest absolute Gasteiger partial charge is 0.512 e. The van der Waals surface area contributed by atoms with E-state index in [4.69, 9.17) is 4.98 Å². The van der Waals surface area contributed by atoms with Crippen molar-refractivity contribution in [3.05, 3.63) is 84.1 Å². The molecule has 0 unspecified atom stereocenters. The first-order valence-corrected chi connectivity index (χ1v) is 23.4. The van der Waals surface area contributed by atoms with Crippen molar-refractivity contribution in [3.8, 4) is 11.3 Å². The molecular formula is C39H52GeIrNO2-. The predicted octanol–water partition coefficient (Wildman–Crippen LogP) is 10.6. The van der Waals surface area contributed by atoms with Crippen LogP contribution in [0.2, 0.25) is 17.3 Å². The summed E-state index contributed by atoms with van der Waals surface area (Å²) in [5.74, 6) is 7.91. The van der Waals surface area contributed by atoms with E-state index in [1.807, 2.05) is 27.7 Å². The van der Waals surface area contributed by atoms with Gasteiger partial charge in [-0.05, 0) is 25.7 Å². The van der Waals surface area contributed by atoms with Crippen molar-refractivity contribution in [1.82, 2.24) is 4.98 Å². The number of aliphatic hydroxyl groups excluding tert-OH is 1. The molecule has 3 aromatic carbocycles. The Labute approximate surface area is 282 Å². The van der Waals surface area contributed by atoms with Crippen LogP contribution in [0.5, 0.6) is 0 Å². The molecule has 1 radical (unpaired) electrons. The van der Waals surface area contributed by atoms with Crippen molar-refractivity contribution in [3.63, 3.8) is 0 Å². The Balaban J connectivity index is 0.000000363. The van der Waals surface area contributed by atoms with Crippen molar-refractivity contribution >= 4 is 45.1 Å². The Morgan fingerprint density at radius 1 is 0.864 bits per heavy atom. The molecule has 0 atom stereocenters. The van der Waals surface area contributed by atoms with Gasteiger partial charge in [-0.3, -0.25) is 4.79 Å². The monoisotopic (exact) mass is 833 g/mol. The number of allylic oxidation sites excluding steroid dienone is 2. The number of fused-ring (bicyclic) bond motifs is 2. The second-order valence-electron chi connectivity index (χ2n) is 13.7. The zero-order valence-electron chi connectivity index (χ0n) is 28.5. The van der Waals surface area contributed by atoms with Gasteiger partial charge in [0, 0.05) is 38.0 Å². The molecule has 0 aliphatic rings. The van der Waals surface area contributed by atoms with Crippen LogP contribution in [-0.2, 0) is 30.3 Å². The van der Waals surface area contributed by atoms with Gasteiger partial charge in [0.25, 0.3) is 0 Å². The maximum Gasteiger partial charge on any atom is 0.162 e. The van der Waals surface area contributed by atoms with E-state index in [-0.39, 0.29) is 48.9 Å². The Hall–Kier alpha value is -2.27. The number of benzene rings is 3. The van der Waals surface area contributed by atoms with Gasteiger partial charge in [-0.15, -0.1) is 0 Å². The molecule has 0 amide bonds. The second-order valence-corrected chi connectivity index (χ2v) is 24.3. The Morgan fingerprint density at radius 3 is 1.95 bits per heavy atom. The smallest absolute Gasteiger partial charge is 0.162 e. The van der Waals surface area contributed by atoms with Crippen LogP contribution in [-0.4, -0.2) is 29.1 Å². The van der Waals surface area contributed by atoms with Crippen LogP contribution in [0.4, 0.5) is 0 Å². The Morgan fingerprint density at radius 2 is 1.41 bits per heavy atom. The molecule has 1 N–H and O–H groups in total. The van der Waals surface area contributed by atoms with E-state index >= 15 is 0 Å². The van der Waals surface area contributed by atoms with Crippen LogP contribution in [0, 0.1) is 17.9 Å². The van der Waals surface area contributed by atoms with Gasteiger partial charge in [0.05, 0.1) is 5.76 Å². The number of para-hydroxylation sites is 1. The molecule has 4 rings (SSSR count). The van der Waals surface area contributed by atoms with E-state index in [0.29, 0.717) is 0 Å². The minimum Gasteiger partial charge on any atom is -0.512 e. The molecule has 0 bridgehead atoms. The van der Waals surface area contributed by atoms with Gasteiger partial charge in [-0.2, -0.15) is 0 Å². The van der Waals surface area contributed by atoms with E-state index in [1.54, 1.807) is 0 Å². The summed E-state index contributed by atoms with van der Waals surface area (Å²) in [4.78, 5) is 16.8. The van der Waals surface area contributed by atoms with Crippen LogP contribution in [0.1, 0.15) is 79.7 Å². The fourth-order valence-corrected chi connectivity index (χ4v) is 9.04. The van der Waals surface area contributed by atoms with E-state index in [0.717, 1.165) is 42.5 Å². The molecule has 0 saturated heterocycles. The van der Waals surface area contributed by atoms with Crippen molar-refractivity contribution < 1.29 is 30.0 Å². The van der Waals surface area contributed by atoms with Crippen molar-refractivity contribution in [2.45, 2.75) is 96.8 Å². The second kappa shape index (κ2) is 16.3. The summed E-state index contributed by atoms with van der Waals surface area (Å²) in [5.41, 5.74) is 4.65. The van der Waals surface area contributed by atoms with Crippen molar-refractivity contribution in [2.24, 2.45) is 11.8 Å². The van der Waals surface area contributed by atoms with Gasteiger partial charge in [0.15, 0.2) is 5.78 Å². The molecule has 0 saturated carbocycles. The summed E-state index contributed by atoms with van der Waals surface area (Å²) >= 11 is -2.07. The van der Waals surface area contributed by atoms with E-state index in [1.165, 1.54) is 32.2 Å². The molecule has 0 spiro atoms. The normalized spacial score (nSPS) is 12.3. The Bertz CT molecular complexity index is 1480. The van der Waals surface area contributed by atoms with Gasteiger partial charge < -0.3 is 5.11 Å². The summed E-state index contributed by atoms with van der Waals surface area (Å²) in [6.07, 6.45) is 4.91.